The first kappa shape index (κ1) is 21.8. The molecule has 0 aliphatic carbocycles. The van der Waals surface area contributed by atoms with E-state index in [4.69, 9.17) is 14.2 Å². The summed E-state index contributed by atoms with van der Waals surface area (Å²) in [5.74, 6) is 0.366. The fourth-order valence-corrected chi connectivity index (χ4v) is 4.98. The topological polar surface area (TPSA) is 71.7 Å². The van der Waals surface area contributed by atoms with Gasteiger partial charge in [-0.15, -0.1) is 0 Å². The van der Waals surface area contributed by atoms with Gasteiger partial charge < -0.3 is 9.26 Å². The number of carbonyl (C=O) groups excluding carboxylic acids is 1. The monoisotopic (exact) mass is 462 g/mol. The summed E-state index contributed by atoms with van der Waals surface area (Å²) in [6.07, 6.45) is 0. The molecule has 3 heterocycles. The molecule has 2 aromatic heterocycles. The van der Waals surface area contributed by atoms with Crippen molar-refractivity contribution in [2.45, 2.75) is 13.8 Å². The Kier molecular flexibility index (Phi) is 6.22. The normalized spacial score (nSPS) is 14.6. The molecule has 0 atom stereocenters. The van der Waals surface area contributed by atoms with E-state index in [-0.39, 0.29) is 11.6 Å². The first-order valence-corrected chi connectivity index (χ1v) is 11.9. The zero-order valence-electron chi connectivity index (χ0n) is 18.8. The summed E-state index contributed by atoms with van der Waals surface area (Å²) in [6, 6.07) is 15.6. The number of rotatable bonds is 6. The third kappa shape index (κ3) is 4.55. The zero-order valence-corrected chi connectivity index (χ0v) is 19.6. The Morgan fingerprint density at radius 3 is 2.70 bits per heavy atom. The molecule has 0 spiro atoms. The van der Waals surface area contributed by atoms with Crippen LogP contribution in [0.5, 0.6) is 0 Å². The highest BCUT2D eigenvalue weighted by Crippen LogP contribution is 2.33. The molecule has 0 unspecified atom stereocenters. The van der Waals surface area contributed by atoms with Gasteiger partial charge in [0.25, 0.3) is 5.91 Å². The highest BCUT2D eigenvalue weighted by atomic mass is 32.1. The van der Waals surface area contributed by atoms with E-state index in [1.54, 1.807) is 11.0 Å². The number of thiazole rings is 1. The molecule has 1 saturated heterocycles. The molecule has 8 heteroatoms. The predicted octanol–water partition coefficient (Wildman–Crippen LogP) is 4.55. The second kappa shape index (κ2) is 9.43. The van der Waals surface area contributed by atoms with Gasteiger partial charge in [-0.3, -0.25) is 14.6 Å². The van der Waals surface area contributed by atoms with Crippen molar-refractivity contribution < 1.29 is 14.1 Å². The summed E-state index contributed by atoms with van der Waals surface area (Å²) < 4.78 is 12.0. The minimum absolute atomic E-state index is 0.206. The van der Waals surface area contributed by atoms with E-state index in [1.807, 2.05) is 30.3 Å². The second-order valence-electron chi connectivity index (χ2n) is 8.20. The van der Waals surface area contributed by atoms with Crippen molar-refractivity contribution in [1.82, 2.24) is 15.0 Å². The van der Waals surface area contributed by atoms with Gasteiger partial charge >= 0.3 is 0 Å². The first-order valence-electron chi connectivity index (χ1n) is 11.1. The van der Waals surface area contributed by atoms with E-state index in [2.05, 4.69) is 36.0 Å². The van der Waals surface area contributed by atoms with Crippen LogP contribution in [-0.4, -0.2) is 60.3 Å². The number of fused-ring (bicyclic) bond motifs is 1. The van der Waals surface area contributed by atoms with E-state index in [0.717, 1.165) is 54.2 Å². The fourth-order valence-electron chi connectivity index (χ4n) is 3.93. The van der Waals surface area contributed by atoms with Crippen LogP contribution in [0.4, 0.5) is 5.13 Å². The minimum atomic E-state index is -0.206. The van der Waals surface area contributed by atoms with Gasteiger partial charge in [0, 0.05) is 37.8 Å². The van der Waals surface area contributed by atoms with Gasteiger partial charge in [0.2, 0.25) is 0 Å². The Labute approximate surface area is 196 Å². The molecule has 33 heavy (non-hydrogen) atoms. The maximum Gasteiger partial charge on any atom is 0.282 e. The molecule has 0 N–H and O–H groups in total. The van der Waals surface area contributed by atoms with Gasteiger partial charge in [0.1, 0.15) is 0 Å². The quantitative estimate of drug-likeness (QED) is 0.419. The summed E-state index contributed by atoms with van der Waals surface area (Å²) >= 11 is 1.53. The van der Waals surface area contributed by atoms with Crippen LogP contribution in [0.2, 0.25) is 0 Å². The lowest BCUT2D eigenvalue weighted by Crippen LogP contribution is -2.43. The van der Waals surface area contributed by atoms with Gasteiger partial charge in [-0.05, 0) is 31.0 Å². The smallest absolute Gasteiger partial charge is 0.282 e. The van der Waals surface area contributed by atoms with Crippen LogP contribution in [0.1, 0.15) is 21.6 Å². The summed E-state index contributed by atoms with van der Waals surface area (Å²) in [5.41, 5.74) is 4.44. The fraction of sp³-hybridized carbons (Fsp3) is 0.320. The molecule has 1 aliphatic heterocycles. The molecule has 1 aliphatic rings. The highest BCUT2D eigenvalue weighted by molar-refractivity contribution is 7.22. The van der Waals surface area contributed by atoms with Gasteiger partial charge in [0.05, 0.1) is 23.4 Å². The summed E-state index contributed by atoms with van der Waals surface area (Å²) in [7, 11) is 0. The highest BCUT2D eigenvalue weighted by Gasteiger charge is 2.26. The average molecular weight is 463 g/mol. The van der Waals surface area contributed by atoms with Crippen molar-refractivity contribution in [3.05, 3.63) is 65.4 Å². The Morgan fingerprint density at radius 1 is 1.12 bits per heavy atom. The second-order valence-corrected chi connectivity index (χ2v) is 9.21. The minimum Gasteiger partial charge on any atom is -0.379 e. The number of morpholine rings is 1. The summed E-state index contributed by atoms with van der Waals surface area (Å²) in [5, 5.41) is 4.78. The van der Waals surface area contributed by atoms with Crippen LogP contribution < -0.4 is 4.90 Å². The molecule has 1 fully saturated rings. The van der Waals surface area contributed by atoms with E-state index in [9.17, 15) is 4.79 Å². The SMILES string of the molecule is Cc1ccc2sc(N(CCN3CCOCC3)C(=O)c3cc(-c4ccccc4)on3)nc2c1C. The van der Waals surface area contributed by atoms with Crippen molar-refractivity contribution in [2.75, 3.05) is 44.3 Å². The predicted molar refractivity (Wildman–Crippen MR) is 130 cm³/mol. The Morgan fingerprint density at radius 2 is 1.91 bits per heavy atom. The number of nitrogens with zero attached hydrogens (tertiary/aromatic N) is 4. The van der Waals surface area contributed by atoms with Crippen molar-refractivity contribution in [1.29, 1.82) is 0 Å². The number of carbonyl (C=O) groups is 1. The van der Waals surface area contributed by atoms with E-state index < -0.39 is 0 Å². The number of amides is 1. The van der Waals surface area contributed by atoms with Gasteiger partial charge in [-0.25, -0.2) is 4.98 Å². The number of hydrogen-bond acceptors (Lipinski definition) is 7. The number of benzene rings is 2. The Bertz CT molecular complexity index is 1260. The molecule has 5 rings (SSSR count). The lowest BCUT2D eigenvalue weighted by molar-refractivity contribution is 0.0391. The van der Waals surface area contributed by atoms with Crippen molar-refractivity contribution in [2.24, 2.45) is 0 Å². The molecule has 170 valence electrons. The number of anilines is 1. The Balaban J connectivity index is 1.46. The number of hydrogen-bond donors (Lipinski definition) is 0. The lowest BCUT2D eigenvalue weighted by Gasteiger charge is -2.28. The molecular weight excluding hydrogens is 436 g/mol. The van der Waals surface area contributed by atoms with Gasteiger partial charge in [-0.1, -0.05) is 52.9 Å². The largest absolute Gasteiger partial charge is 0.379 e. The van der Waals surface area contributed by atoms with Crippen LogP contribution in [0.15, 0.2) is 53.1 Å². The standard InChI is InChI=1S/C25H26N4O3S/c1-17-8-9-22-23(18(17)2)26-25(33-22)29(11-10-28-12-14-31-15-13-28)24(30)20-16-21(32-27-20)19-6-4-3-5-7-19/h3-9,16H,10-15H2,1-2H3. The molecule has 2 aromatic carbocycles. The van der Waals surface area contributed by atoms with E-state index in [0.29, 0.717) is 17.4 Å². The maximum absolute atomic E-state index is 13.6. The van der Waals surface area contributed by atoms with E-state index >= 15 is 0 Å². The van der Waals surface area contributed by atoms with Crippen LogP contribution >= 0.6 is 11.3 Å². The molecule has 0 saturated carbocycles. The number of aryl methyl sites for hydroxylation is 2. The summed E-state index contributed by atoms with van der Waals surface area (Å²) in [4.78, 5) is 22.5. The number of aromatic nitrogens is 2. The third-order valence-corrected chi connectivity index (χ3v) is 7.12. The number of ether oxygens (including phenoxy) is 1. The third-order valence-electron chi connectivity index (χ3n) is 6.08. The average Bonchev–Trinajstić information content (AvgIpc) is 3.51. The molecule has 0 bridgehead atoms. The molecule has 7 nitrogen and oxygen atoms in total. The van der Waals surface area contributed by atoms with Crippen LogP contribution in [0.3, 0.4) is 0 Å². The van der Waals surface area contributed by atoms with Crippen LogP contribution in [0, 0.1) is 13.8 Å². The lowest BCUT2D eigenvalue weighted by atomic mass is 10.1. The molecule has 0 radical (unpaired) electrons. The molecular formula is C25H26N4O3S. The van der Waals surface area contributed by atoms with Crippen molar-refractivity contribution in [3.8, 4) is 11.3 Å². The molecule has 1 amide bonds. The summed E-state index contributed by atoms with van der Waals surface area (Å²) in [6.45, 7) is 8.58. The first-order chi connectivity index (χ1) is 16.1. The van der Waals surface area contributed by atoms with Crippen LogP contribution in [-0.2, 0) is 4.74 Å². The maximum atomic E-state index is 13.6. The Hall–Kier alpha value is -3.07. The molecule has 4 aromatic rings. The van der Waals surface area contributed by atoms with Crippen LogP contribution in [0.25, 0.3) is 21.5 Å². The van der Waals surface area contributed by atoms with Gasteiger partial charge in [0.15, 0.2) is 16.6 Å². The van der Waals surface area contributed by atoms with Crippen molar-refractivity contribution >= 4 is 32.6 Å². The van der Waals surface area contributed by atoms with Gasteiger partial charge in [-0.2, -0.15) is 0 Å². The zero-order chi connectivity index (χ0) is 22.8. The van der Waals surface area contributed by atoms with Crippen molar-refractivity contribution in [3.63, 3.8) is 0 Å². The van der Waals surface area contributed by atoms with E-state index in [1.165, 1.54) is 16.9 Å².